The molecule has 0 aromatic carbocycles. The average molecular weight is 535 g/mol. The molecule has 0 radical (unpaired) electrons. The van der Waals surface area contributed by atoms with Crippen LogP contribution in [0.2, 0.25) is 0 Å². The maximum absolute atomic E-state index is 12.8. The molecular formula is C18H19N6NaO8S2. The number of β-lactam (4-membered cyclic amide) rings is 1. The van der Waals surface area contributed by atoms with Crippen molar-refractivity contribution in [1.29, 1.82) is 0 Å². The van der Waals surface area contributed by atoms with E-state index in [2.05, 4.69) is 15.7 Å². The molecule has 4 rings (SSSR count). The number of furan rings is 1. The summed E-state index contributed by atoms with van der Waals surface area (Å²) in [5.41, 5.74) is 0. The summed E-state index contributed by atoms with van der Waals surface area (Å²) in [6.07, 6.45) is 2.77. The van der Waals surface area contributed by atoms with Crippen LogP contribution in [0.4, 0.5) is 9.59 Å². The Bertz CT molecular complexity index is 1230. The molecule has 2 unspecified atom stereocenters. The van der Waals surface area contributed by atoms with Gasteiger partial charge in [-0.25, -0.2) is 23.8 Å². The first kappa shape index (κ1) is 26.8. The van der Waals surface area contributed by atoms with E-state index >= 15 is 0 Å². The van der Waals surface area contributed by atoms with Crippen molar-refractivity contribution < 1.29 is 36.6 Å². The van der Waals surface area contributed by atoms with Crippen LogP contribution in [0.25, 0.3) is 0 Å². The second-order valence-electron chi connectivity index (χ2n) is 7.12. The number of nitrogens with zero attached hydrogens (tertiary/aromatic N) is 4. The summed E-state index contributed by atoms with van der Waals surface area (Å²) >= 11 is 1.16. The van der Waals surface area contributed by atoms with Crippen LogP contribution in [0.5, 0.6) is 0 Å². The Morgan fingerprint density at radius 1 is 1.26 bits per heavy atom. The van der Waals surface area contributed by atoms with E-state index in [4.69, 9.17) is 8.97 Å². The van der Waals surface area contributed by atoms with Gasteiger partial charge in [0.2, 0.25) is 5.91 Å². The van der Waals surface area contributed by atoms with Crippen LogP contribution < -0.4 is 10.6 Å². The second kappa shape index (κ2) is 10.9. The number of amides is 6. The van der Waals surface area contributed by atoms with E-state index in [0.717, 1.165) is 21.2 Å². The van der Waals surface area contributed by atoms with Crippen molar-refractivity contribution >= 4 is 81.3 Å². The third-order valence-electron chi connectivity index (χ3n) is 4.94. The molecule has 2 aromatic rings. The van der Waals surface area contributed by atoms with Gasteiger partial charge >= 0.3 is 51.9 Å². The molecule has 2 aromatic heterocycles. The van der Waals surface area contributed by atoms with Gasteiger partial charge < -0.3 is 15.1 Å². The fourth-order valence-corrected chi connectivity index (χ4v) is 4.67. The monoisotopic (exact) mass is 534 g/mol. The number of urea groups is 2. The summed E-state index contributed by atoms with van der Waals surface area (Å²) < 4.78 is 36.4. The van der Waals surface area contributed by atoms with E-state index in [9.17, 15) is 27.6 Å². The minimum atomic E-state index is -4.71. The third-order valence-corrected chi connectivity index (χ3v) is 6.77. The predicted molar refractivity (Wildman–Crippen MR) is 123 cm³/mol. The fourth-order valence-electron chi connectivity index (χ4n) is 3.20. The molecule has 0 saturated carbocycles. The number of imide groups is 1. The van der Waals surface area contributed by atoms with Crippen molar-refractivity contribution in [2.45, 2.75) is 12.1 Å². The molecule has 35 heavy (non-hydrogen) atoms. The van der Waals surface area contributed by atoms with Crippen molar-refractivity contribution in [3.8, 4) is 0 Å². The average Bonchev–Trinajstić information content (AvgIpc) is 3.54. The van der Waals surface area contributed by atoms with E-state index in [1.807, 2.05) is 0 Å². The fraction of sp³-hybridized carbons (Fsp3) is 0.278. The summed E-state index contributed by atoms with van der Waals surface area (Å²) in [5.74, 6) is -1.38. The van der Waals surface area contributed by atoms with Crippen LogP contribution in [-0.2, 0) is 19.9 Å². The molecule has 3 N–H and O–H groups in total. The molecule has 6 amide bonds. The van der Waals surface area contributed by atoms with Crippen molar-refractivity contribution in [3.63, 3.8) is 0 Å². The Hall–Kier alpha value is -2.76. The van der Waals surface area contributed by atoms with Crippen LogP contribution in [0.3, 0.4) is 0 Å². The topological polar surface area (TPSA) is 182 Å². The number of rotatable bonds is 7. The molecule has 14 nitrogen and oxygen atoms in total. The van der Waals surface area contributed by atoms with Gasteiger partial charge in [0.15, 0.2) is 0 Å². The van der Waals surface area contributed by atoms with Crippen molar-refractivity contribution in [2.75, 3.05) is 19.6 Å². The maximum atomic E-state index is 12.8. The second-order valence-corrected chi connectivity index (χ2v) is 9.44. The van der Waals surface area contributed by atoms with E-state index < -0.39 is 52.8 Å². The number of carbonyl (C=O) groups excluding carboxylic acids is 4. The van der Waals surface area contributed by atoms with Gasteiger partial charge in [-0.15, -0.1) is 11.3 Å². The summed E-state index contributed by atoms with van der Waals surface area (Å²) in [4.78, 5) is 51.4. The van der Waals surface area contributed by atoms with Crippen LogP contribution in [0, 0.1) is 0 Å². The van der Waals surface area contributed by atoms with Gasteiger partial charge in [0.05, 0.1) is 32.1 Å². The molecule has 2 fully saturated rings. The van der Waals surface area contributed by atoms with Gasteiger partial charge in [-0.05, 0) is 23.6 Å². The third kappa shape index (κ3) is 5.91. The van der Waals surface area contributed by atoms with Crippen LogP contribution in [0.1, 0.15) is 16.7 Å². The zero-order valence-corrected chi connectivity index (χ0v) is 18.9. The Labute approximate surface area is 225 Å². The van der Waals surface area contributed by atoms with E-state index in [1.165, 1.54) is 12.5 Å². The molecule has 0 aliphatic carbocycles. The van der Waals surface area contributed by atoms with Crippen LogP contribution in [0.15, 0.2) is 45.4 Å². The van der Waals surface area contributed by atoms with Gasteiger partial charge in [0.25, 0.3) is 5.91 Å². The summed E-state index contributed by atoms with van der Waals surface area (Å²) in [7, 11) is -4.71. The van der Waals surface area contributed by atoms with Crippen molar-refractivity contribution in [1.82, 2.24) is 24.8 Å². The summed E-state index contributed by atoms with van der Waals surface area (Å²) in [5, 5.41) is 11.5. The van der Waals surface area contributed by atoms with Crippen LogP contribution in [-0.4, -0.2) is 113 Å². The molecule has 2 atom stereocenters. The zero-order valence-electron chi connectivity index (χ0n) is 17.2. The van der Waals surface area contributed by atoms with Gasteiger partial charge in [-0.2, -0.15) is 13.5 Å². The normalized spacial score (nSPS) is 18.9. The van der Waals surface area contributed by atoms with Gasteiger partial charge in [0, 0.05) is 4.88 Å². The van der Waals surface area contributed by atoms with Crippen molar-refractivity contribution in [2.24, 2.45) is 5.10 Å². The zero-order chi connectivity index (χ0) is 24.5. The number of hydrogen-bond donors (Lipinski definition) is 3. The van der Waals surface area contributed by atoms with E-state index in [0.29, 0.717) is 10.6 Å². The molecule has 17 heteroatoms. The number of thiophene rings is 1. The molecule has 2 aliphatic heterocycles. The first-order valence-corrected chi connectivity index (χ1v) is 12.0. The number of hydrazone groups is 1. The standard InChI is InChI=1S/C18H18N6O8S2.Na.H/c25-15(20-12-10-24(16(12)26)34(29,30)31)14(13-4-2-8-33-13)21-17(27)22-5-6-23(18(22)28)19-9-11-3-1-7-32-11;;/h1-4,7-9,12,14H,5-6,10H2,(H,20,25)(H,21,27)(H,29,30,31);;. The summed E-state index contributed by atoms with van der Waals surface area (Å²) in [6, 6.07) is 2.52. The van der Waals surface area contributed by atoms with E-state index in [-0.39, 0.29) is 47.0 Å². The van der Waals surface area contributed by atoms with Crippen LogP contribution >= 0.6 is 11.3 Å². The van der Waals surface area contributed by atoms with Gasteiger partial charge in [-0.1, -0.05) is 6.07 Å². The SMILES string of the molecule is O=C(NC1CN(S(=O)(=O)O)C1=O)C(NC(=O)N1CCN(N=Cc2ccco2)C1=O)c1cccs1.[NaH]. The molecule has 182 valence electrons. The minimum absolute atomic E-state index is 0. The Morgan fingerprint density at radius 3 is 2.63 bits per heavy atom. The molecule has 0 bridgehead atoms. The Kier molecular flexibility index (Phi) is 8.34. The number of carbonyl (C=O) groups is 4. The van der Waals surface area contributed by atoms with E-state index in [1.54, 1.807) is 29.6 Å². The number of hydrogen-bond acceptors (Lipinski definition) is 9. The first-order chi connectivity index (χ1) is 16.1. The first-order valence-electron chi connectivity index (χ1n) is 9.75. The molecular weight excluding hydrogens is 515 g/mol. The van der Waals surface area contributed by atoms with Crippen molar-refractivity contribution in [3.05, 3.63) is 46.5 Å². The summed E-state index contributed by atoms with van der Waals surface area (Å²) in [6.45, 7) is -0.299. The molecule has 4 heterocycles. The quantitative estimate of drug-likeness (QED) is 0.181. The number of nitrogens with one attached hydrogen (secondary N) is 2. The molecule has 2 saturated heterocycles. The Morgan fingerprint density at radius 2 is 2.03 bits per heavy atom. The molecule has 0 spiro atoms. The molecule has 2 aliphatic rings. The van der Waals surface area contributed by atoms with Gasteiger partial charge in [-0.3, -0.25) is 14.1 Å². The predicted octanol–water partition coefficient (Wildman–Crippen LogP) is -0.655. The van der Waals surface area contributed by atoms with Gasteiger partial charge in [0.1, 0.15) is 17.8 Å². The Balaban J connectivity index is 0.00000342.